The van der Waals surface area contributed by atoms with Crippen molar-refractivity contribution in [3.8, 4) is 33.9 Å². The minimum atomic E-state index is 0.194. The summed E-state index contributed by atoms with van der Waals surface area (Å²) in [5.74, 6) is 0.816. The first-order valence-electron chi connectivity index (χ1n) is 10.9. The first-order valence-corrected chi connectivity index (χ1v) is 11.9. The molecule has 34 heavy (non-hydrogen) atoms. The number of aromatic nitrogens is 7. The summed E-state index contributed by atoms with van der Waals surface area (Å²) >= 11 is 1.68. The first kappa shape index (κ1) is 19.3. The molecular weight excluding hydrogens is 446 g/mol. The van der Waals surface area contributed by atoms with Crippen molar-refractivity contribution in [2.75, 3.05) is 18.0 Å². The van der Waals surface area contributed by atoms with E-state index >= 15 is 0 Å². The topological polar surface area (TPSA) is 125 Å². The number of nitrogens with one attached hydrogen (secondary N) is 2. The van der Waals surface area contributed by atoms with Gasteiger partial charge in [0.05, 0.1) is 29.3 Å². The molecule has 1 aliphatic rings. The van der Waals surface area contributed by atoms with E-state index < -0.39 is 0 Å². The van der Waals surface area contributed by atoms with Gasteiger partial charge in [-0.05, 0) is 52.2 Å². The van der Waals surface area contributed by atoms with Gasteiger partial charge in [-0.25, -0.2) is 15.0 Å². The summed E-state index contributed by atoms with van der Waals surface area (Å²) in [6, 6.07) is 10.3. The van der Waals surface area contributed by atoms with E-state index in [0.29, 0.717) is 5.69 Å². The molecule has 0 radical (unpaired) electrons. The highest BCUT2D eigenvalue weighted by Gasteiger charge is 2.25. The van der Waals surface area contributed by atoms with E-state index in [-0.39, 0.29) is 6.04 Å². The maximum atomic E-state index is 5.92. The lowest BCUT2D eigenvalue weighted by atomic mass is 10.1. The highest BCUT2D eigenvalue weighted by molar-refractivity contribution is 7.08. The van der Waals surface area contributed by atoms with E-state index in [1.807, 2.05) is 24.4 Å². The number of aromatic amines is 2. The summed E-state index contributed by atoms with van der Waals surface area (Å²) in [6.45, 7) is 1.58. The lowest BCUT2D eigenvalue weighted by Crippen LogP contribution is -2.56. The van der Waals surface area contributed by atoms with Gasteiger partial charge in [0, 0.05) is 30.7 Å². The Kier molecular flexibility index (Phi) is 4.23. The van der Waals surface area contributed by atoms with E-state index in [9.17, 15) is 0 Å². The maximum Gasteiger partial charge on any atom is 0.147 e. The van der Waals surface area contributed by atoms with Crippen LogP contribution in [-0.4, -0.2) is 54.2 Å². The first-order chi connectivity index (χ1) is 16.7. The standard InChI is InChI=1S/C24H19N9S/c25-14-10-33(11-14)21-9-26-8-20(28-21)17-1-2-18-22(29-17)23(32-31-18)19-7-16-15(13-4-6-34-12-13)3-5-27-24(16)30-19/h1-9,12,14H,10-11,25H2,(H,27,30)(H,31,32). The number of thiophene rings is 1. The summed E-state index contributed by atoms with van der Waals surface area (Å²) in [5.41, 5.74) is 13.7. The fourth-order valence-electron chi connectivity index (χ4n) is 4.38. The Hall–Kier alpha value is -4.15. The number of nitrogens with zero attached hydrogens (tertiary/aromatic N) is 6. The van der Waals surface area contributed by atoms with Crippen molar-refractivity contribution in [2.45, 2.75) is 6.04 Å². The maximum absolute atomic E-state index is 5.92. The number of rotatable bonds is 4. The second-order valence-electron chi connectivity index (χ2n) is 8.41. The molecule has 0 saturated carbocycles. The van der Waals surface area contributed by atoms with Crippen molar-refractivity contribution in [3.63, 3.8) is 0 Å². The Balaban J connectivity index is 1.31. The van der Waals surface area contributed by atoms with Gasteiger partial charge in [-0.15, -0.1) is 0 Å². The third-order valence-corrected chi connectivity index (χ3v) is 6.83. The third kappa shape index (κ3) is 3.07. The Labute approximate surface area is 197 Å². The average Bonchev–Trinajstić information content (AvgIpc) is 3.60. The largest absolute Gasteiger partial charge is 0.352 e. The summed E-state index contributed by atoms with van der Waals surface area (Å²) < 4.78 is 0. The molecule has 0 amide bonds. The Morgan fingerprint density at radius 3 is 2.85 bits per heavy atom. The van der Waals surface area contributed by atoms with Crippen LogP contribution in [0.2, 0.25) is 0 Å². The molecule has 6 aromatic rings. The van der Waals surface area contributed by atoms with Crippen LogP contribution in [0, 0.1) is 0 Å². The minimum absolute atomic E-state index is 0.194. The molecule has 7 rings (SSSR count). The zero-order valence-electron chi connectivity index (χ0n) is 17.9. The van der Waals surface area contributed by atoms with Crippen LogP contribution in [0.5, 0.6) is 0 Å². The van der Waals surface area contributed by atoms with Crippen LogP contribution in [0.1, 0.15) is 0 Å². The number of hydrogen-bond donors (Lipinski definition) is 3. The van der Waals surface area contributed by atoms with E-state index in [0.717, 1.165) is 63.6 Å². The molecule has 0 bridgehead atoms. The van der Waals surface area contributed by atoms with Gasteiger partial charge in [-0.2, -0.15) is 16.4 Å². The quantitative estimate of drug-likeness (QED) is 0.361. The van der Waals surface area contributed by atoms with Gasteiger partial charge >= 0.3 is 0 Å². The van der Waals surface area contributed by atoms with Crippen molar-refractivity contribution in [3.05, 3.63) is 59.7 Å². The number of hydrogen-bond acceptors (Lipinski definition) is 8. The van der Waals surface area contributed by atoms with E-state index in [1.54, 1.807) is 23.7 Å². The van der Waals surface area contributed by atoms with E-state index in [1.165, 1.54) is 5.56 Å². The fourth-order valence-corrected chi connectivity index (χ4v) is 5.04. The SMILES string of the molecule is NC1CN(c2cncc(-c3ccc4[nH]nc(-c5cc6c(-c7ccsc7)ccnc6[nH]5)c4n3)n2)C1. The predicted octanol–water partition coefficient (Wildman–Crippen LogP) is 3.83. The summed E-state index contributed by atoms with van der Waals surface area (Å²) in [7, 11) is 0. The van der Waals surface area contributed by atoms with Crippen molar-refractivity contribution >= 4 is 39.2 Å². The van der Waals surface area contributed by atoms with Crippen LogP contribution in [0.15, 0.2) is 59.7 Å². The number of anilines is 1. The molecule has 1 saturated heterocycles. The molecular formula is C24H19N9S. The molecule has 166 valence electrons. The molecule has 7 heterocycles. The molecule has 0 atom stereocenters. The second kappa shape index (κ2) is 7.44. The summed E-state index contributed by atoms with van der Waals surface area (Å²) in [4.78, 5) is 24.1. The van der Waals surface area contributed by atoms with Gasteiger partial charge in [-0.1, -0.05) is 0 Å². The van der Waals surface area contributed by atoms with Gasteiger partial charge in [-0.3, -0.25) is 10.1 Å². The highest BCUT2D eigenvalue weighted by Crippen LogP contribution is 2.34. The fraction of sp³-hybridized carbons (Fsp3) is 0.125. The van der Waals surface area contributed by atoms with Gasteiger partial charge in [0.15, 0.2) is 0 Å². The molecule has 10 heteroatoms. The Morgan fingerprint density at radius 1 is 1.06 bits per heavy atom. The van der Waals surface area contributed by atoms with Crippen LogP contribution >= 0.6 is 11.3 Å². The molecule has 1 fully saturated rings. The van der Waals surface area contributed by atoms with Crippen molar-refractivity contribution in [1.29, 1.82) is 0 Å². The normalized spacial score (nSPS) is 14.2. The second-order valence-corrected chi connectivity index (χ2v) is 9.19. The van der Waals surface area contributed by atoms with Gasteiger partial charge in [0.25, 0.3) is 0 Å². The van der Waals surface area contributed by atoms with Crippen LogP contribution in [0.4, 0.5) is 5.82 Å². The third-order valence-electron chi connectivity index (χ3n) is 6.14. The van der Waals surface area contributed by atoms with Gasteiger partial charge in [0.2, 0.25) is 0 Å². The molecule has 4 N–H and O–H groups in total. The molecule has 0 spiro atoms. The van der Waals surface area contributed by atoms with Crippen LogP contribution < -0.4 is 10.6 Å². The molecule has 0 aliphatic carbocycles. The average molecular weight is 466 g/mol. The lowest BCUT2D eigenvalue weighted by Gasteiger charge is -2.37. The summed E-state index contributed by atoms with van der Waals surface area (Å²) in [6.07, 6.45) is 5.32. The molecule has 0 aromatic carbocycles. The van der Waals surface area contributed by atoms with E-state index in [2.05, 4.69) is 52.9 Å². The highest BCUT2D eigenvalue weighted by atomic mass is 32.1. The Bertz CT molecular complexity index is 1640. The number of H-pyrrole nitrogens is 2. The zero-order chi connectivity index (χ0) is 22.6. The van der Waals surface area contributed by atoms with Crippen LogP contribution in [0.25, 0.3) is 56.0 Å². The number of pyridine rings is 2. The van der Waals surface area contributed by atoms with Crippen LogP contribution in [-0.2, 0) is 0 Å². The predicted molar refractivity (Wildman–Crippen MR) is 134 cm³/mol. The molecule has 9 nitrogen and oxygen atoms in total. The smallest absolute Gasteiger partial charge is 0.147 e. The van der Waals surface area contributed by atoms with Gasteiger partial charge in [0.1, 0.15) is 28.4 Å². The monoisotopic (exact) mass is 465 g/mol. The van der Waals surface area contributed by atoms with Crippen LogP contribution in [0.3, 0.4) is 0 Å². The number of nitrogens with two attached hydrogens (primary N) is 1. The van der Waals surface area contributed by atoms with Crippen molar-refractivity contribution in [2.24, 2.45) is 5.73 Å². The zero-order valence-corrected chi connectivity index (χ0v) is 18.8. The van der Waals surface area contributed by atoms with Crippen molar-refractivity contribution < 1.29 is 0 Å². The Morgan fingerprint density at radius 2 is 2.00 bits per heavy atom. The van der Waals surface area contributed by atoms with Crippen molar-refractivity contribution in [1.82, 2.24) is 35.1 Å². The summed E-state index contributed by atoms with van der Waals surface area (Å²) in [5, 5.41) is 12.9. The lowest BCUT2D eigenvalue weighted by molar-refractivity contribution is 0.514. The molecule has 1 aliphatic heterocycles. The van der Waals surface area contributed by atoms with E-state index in [4.69, 9.17) is 15.7 Å². The minimum Gasteiger partial charge on any atom is -0.352 e. The van der Waals surface area contributed by atoms with Gasteiger partial charge < -0.3 is 15.6 Å². The molecule has 0 unspecified atom stereocenters. The number of fused-ring (bicyclic) bond motifs is 2. The molecule has 6 aromatic heterocycles.